The molecule has 0 radical (unpaired) electrons. The molecule has 1 fully saturated rings. The molecular formula is C9H19NO. The number of hydrogen-bond acceptors (Lipinski definition) is 2. The molecule has 0 saturated heterocycles. The summed E-state index contributed by atoms with van der Waals surface area (Å²) in [5, 5.41) is 12.5. The van der Waals surface area contributed by atoms with E-state index in [4.69, 9.17) is 5.11 Å². The number of aliphatic hydroxyl groups is 1. The van der Waals surface area contributed by atoms with Gasteiger partial charge in [-0.05, 0) is 25.8 Å². The summed E-state index contributed by atoms with van der Waals surface area (Å²) in [4.78, 5) is 0. The lowest BCUT2D eigenvalue weighted by atomic mass is 9.69. The van der Waals surface area contributed by atoms with Gasteiger partial charge < -0.3 is 10.4 Å². The molecular weight excluding hydrogens is 138 g/mol. The minimum absolute atomic E-state index is 0.259. The lowest BCUT2D eigenvalue weighted by molar-refractivity contribution is 0.0450. The van der Waals surface area contributed by atoms with Crippen LogP contribution >= 0.6 is 0 Å². The van der Waals surface area contributed by atoms with E-state index in [1.807, 2.05) is 0 Å². The van der Waals surface area contributed by atoms with Crippen molar-refractivity contribution >= 4 is 0 Å². The Labute approximate surface area is 69.0 Å². The molecule has 66 valence electrons. The third kappa shape index (κ3) is 2.17. The van der Waals surface area contributed by atoms with Crippen molar-refractivity contribution in [1.29, 1.82) is 0 Å². The fraction of sp³-hybridized carbons (Fsp3) is 1.00. The van der Waals surface area contributed by atoms with Crippen LogP contribution < -0.4 is 5.32 Å². The summed E-state index contributed by atoms with van der Waals surface area (Å²) < 4.78 is 0. The first kappa shape index (κ1) is 9.01. The van der Waals surface area contributed by atoms with Crippen LogP contribution in [0.2, 0.25) is 0 Å². The van der Waals surface area contributed by atoms with Crippen molar-refractivity contribution in [3.05, 3.63) is 0 Å². The van der Waals surface area contributed by atoms with E-state index in [0.29, 0.717) is 6.61 Å². The summed E-state index contributed by atoms with van der Waals surface area (Å²) in [6.45, 7) is 4.63. The van der Waals surface area contributed by atoms with E-state index in [1.165, 1.54) is 25.7 Å². The third-order valence-electron chi connectivity index (χ3n) is 2.68. The van der Waals surface area contributed by atoms with Gasteiger partial charge in [-0.15, -0.1) is 0 Å². The molecule has 0 aromatic heterocycles. The van der Waals surface area contributed by atoms with Crippen LogP contribution in [0, 0.1) is 5.41 Å². The van der Waals surface area contributed by atoms with Crippen LogP contribution in [-0.4, -0.2) is 24.8 Å². The van der Waals surface area contributed by atoms with E-state index in [9.17, 15) is 0 Å². The molecule has 2 heteroatoms. The predicted molar refractivity (Wildman–Crippen MR) is 46.5 cm³/mol. The highest BCUT2D eigenvalue weighted by Crippen LogP contribution is 2.39. The highest BCUT2D eigenvalue weighted by atomic mass is 16.3. The first-order valence-corrected chi connectivity index (χ1v) is 4.64. The second kappa shape index (κ2) is 4.07. The molecule has 1 aliphatic rings. The summed E-state index contributed by atoms with van der Waals surface area (Å²) in [5.41, 5.74) is 0.259. The van der Waals surface area contributed by atoms with Crippen molar-refractivity contribution in [3.63, 3.8) is 0 Å². The Balaban J connectivity index is 2.11. The quantitative estimate of drug-likeness (QED) is 0.587. The fourth-order valence-corrected chi connectivity index (χ4v) is 1.60. The molecule has 1 saturated carbocycles. The zero-order valence-electron chi connectivity index (χ0n) is 7.40. The van der Waals surface area contributed by atoms with Crippen LogP contribution in [0.15, 0.2) is 0 Å². The van der Waals surface area contributed by atoms with Crippen molar-refractivity contribution in [1.82, 2.24) is 5.32 Å². The maximum atomic E-state index is 9.10. The van der Waals surface area contributed by atoms with Crippen molar-refractivity contribution in [3.8, 4) is 0 Å². The SMILES string of the molecule is CCCNCC1(CO)CCC1. The lowest BCUT2D eigenvalue weighted by Gasteiger charge is -2.40. The van der Waals surface area contributed by atoms with Crippen LogP contribution in [0.1, 0.15) is 32.6 Å². The van der Waals surface area contributed by atoms with E-state index >= 15 is 0 Å². The third-order valence-corrected chi connectivity index (χ3v) is 2.68. The maximum absolute atomic E-state index is 9.10. The minimum atomic E-state index is 0.259. The molecule has 11 heavy (non-hydrogen) atoms. The normalized spacial score (nSPS) is 21.3. The van der Waals surface area contributed by atoms with E-state index in [1.54, 1.807) is 0 Å². The second-order valence-electron chi connectivity index (χ2n) is 3.69. The number of aliphatic hydroxyl groups excluding tert-OH is 1. The molecule has 0 aromatic carbocycles. The molecule has 0 bridgehead atoms. The van der Waals surface area contributed by atoms with Gasteiger partial charge >= 0.3 is 0 Å². The molecule has 1 aliphatic carbocycles. The maximum Gasteiger partial charge on any atom is 0.0499 e. The Morgan fingerprint density at radius 3 is 2.55 bits per heavy atom. The fourth-order valence-electron chi connectivity index (χ4n) is 1.60. The largest absolute Gasteiger partial charge is 0.396 e. The summed E-state index contributed by atoms with van der Waals surface area (Å²) in [6, 6.07) is 0. The minimum Gasteiger partial charge on any atom is -0.396 e. The highest BCUT2D eigenvalue weighted by molar-refractivity contribution is 4.88. The zero-order chi connectivity index (χ0) is 8.16. The van der Waals surface area contributed by atoms with Gasteiger partial charge in [0.1, 0.15) is 0 Å². The van der Waals surface area contributed by atoms with Crippen molar-refractivity contribution in [2.45, 2.75) is 32.6 Å². The number of hydrogen-bond donors (Lipinski definition) is 2. The van der Waals surface area contributed by atoms with E-state index in [0.717, 1.165) is 13.1 Å². The van der Waals surface area contributed by atoms with Gasteiger partial charge in [0.15, 0.2) is 0 Å². The Bertz CT molecular complexity index is 105. The molecule has 1 rings (SSSR count). The average Bonchev–Trinajstić information content (AvgIpc) is 1.95. The first-order valence-electron chi connectivity index (χ1n) is 4.64. The first-order chi connectivity index (χ1) is 5.33. The lowest BCUT2D eigenvalue weighted by Crippen LogP contribution is -2.42. The Hall–Kier alpha value is -0.0800. The van der Waals surface area contributed by atoms with Crippen molar-refractivity contribution in [2.75, 3.05) is 19.7 Å². The number of rotatable bonds is 5. The Kier molecular flexibility index (Phi) is 3.34. The van der Waals surface area contributed by atoms with Crippen LogP contribution in [0.25, 0.3) is 0 Å². The standard InChI is InChI=1S/C9H19NO/c1-2-6-10-7-9(8-11)4-3-5-9/h10-11H,2-8H2,1H3. The van der Waals surface area contributed by atoms with Gasteiger partial charge in [0.25, 0.3) is 0 Å². The smallest absolute Gasteiger partial charge is 0.0499 e. The Morgan fingerprint density at radius 2 is 2.18 bits per heavy atom. The van der Waals surface area contributed by atoms with Crippen LogP contribution in [0.5, 0.6) is 0 Å². The summed E-state index contributed by atoms with van der Waals surface area (Å²) in [5.74, 6) is 0. The summed E-state index contributed by atoms with van der Waals surface area (Å²) >= 11 is 0. The van der Waals surface area contributed by atoms with Crippen molar-refractivity contribution in [2.24, 2.45) is 5.41 Å². The molecule has 0 aliphatic heterocycles. The molecule has 0 unspecified atom stereocenters. The highest BCUT2D eigenvalue weighted by Gasteiger charge is 2.35. The zero-order valence-corrected chi connectivity index (χ0v) is 7.40. The molecule has 2 nitrogen and oxygen atoms in total. The molecule has 0 atom stereocenters. The van der Waals surface area contributed by atoms with E-state index < -0.39 is 0 Å². The van der Waals surface area contributed by atoms with Crippen LogP contribution in [-0.2, 0) is 0 Å². The van der Waals surface area contributed by atoms with Gasteiger partial charge in [-0.1, -0.05) is 13.3 Å². The van der Waals surface area contributed by atoms with Gasteiger partial charge in [0.2, 0.25) is 0 Å². The van der Waals surface area contributed by atoms with E-state index in [2.05, 4.69) is 12.2 Å². The monoisotopic (exact) mass is 157 g/mol. The summed E-state index contributed by atoms with van der Waals surface area (Å²) in [6.07, 6.45) is 4.90. The summed E-state index contributed by atoms with van der Waals surface area (Å²) in [7, 11) is 0. The second-order valence-corrected chi connectivity index (χ2v) is 3.69. The van der Waals surface area contributed by atoms with Gasteiger partial charge in [0.05, 0.1) is 0 Å². The molecule has 2 N–H and O–H groups in total. The van der Waals surface area contributed by atoms with Crippen LogP contribution in [0.4, 0.5) is 0 Å². The van der Waals surface area contributed by atoms with Gasteiger partial charge in [-0.25, -0.2) is 0 Å². The van der Waals surface area contributed by atoms with Crippen LogP contribution in [0.3, 0.4) is 0 Å². The van der Waals surface area contributed by atoms with Gasteiger partial charge in [-0.3, -0.25) is 0 Å². The number of nitrogens with one attached hydrogen (secondary N) is 1. The predicted octanol–water partition coefficient (Wildman–Crippen LogP) is 1.15. The van der Waals surface area contributed by atoms with E-state index in [-0.39, 0.29) is 5.41 Å². The average molecular weight is 157 g/mol. The topological polar surface area (TPSA) is 32.3 Å². The Morgan fingerprint density at radius 1 is 1.45 bits per heavy atom. The van der Waals surface area contributed by atoms with Gasteiger partial charge in [0, 0.05) is 18.6 Å². The van der Waals surface area contributed by atoms with Gasteiger partial charge in [-0.2, -0.15) is 0 Å². The van der Waals surface area contributed by atoms with Crippen molar-refractivity contribution < 1.29 is 5.11 Å². The molecule has 0 amide bonds. The molecule has 0 spiro atoms. The molecule has 0 heterocycles. The molecule has 0 aromatic rings.